The molecule has 0 spiro atoms. The van der Waals surface area contributed by atoms with Crippen molar-refractivity contribution in [3.8, 4) is 0 Å². The molecule has 0 aliphatic carbocycles. The number of carbonyl (C=O) groups excluding carboxylic acids is 1. The molecule has 1 rings (SSSR count). The monoisotopic (exact) mass is 173 g/mol. The van der Waals surface area contributed by atoms with Crippen LogP contribution in [0, 0.1) is 0 Å². The predicted molar refractivity (Wildman–Crippen MR) is 41.4 cm³/mol. The van der Waals surface area contributed by atoms with E-state index in [-0.39, 0.29) is 6.10 Å². The fraction of sp³-hybridized carbons (Fsp3) is 0.875. The van der Waals surface area contributed by atoms with E-state index in [0.29, 0.717) is 13.2 Å². The van der Waals surface area contributed by atoms with E-state index >= 15 is 0 Å². The van der Waals surface area contributed by atoms with E-state index in [1.54, 1.807) is 0 Å². The van der Waals surface area contributed by atoms with E-state index in [1.165, 1.54) is 6.47 Å². The first-order valence-corrected chi connectivity index (χ1v) is 4.12. The van der Waals surface area contributed by atoms with Gasteiger partial charge in [0.1, 0.15) is 6.61 Å². The van der Waals surface area contributed by atoms with E-state index in [9.17, 15) is 4.79 Å². The second-order valence-corrected chi connectivity index (χ2v) is 2.61. The fourth-order valence-electron chi connectivity index (χ4n) is 1.14. The van der Waals surface area contributed by atoms with Crippen LogP contribution in [0.2, 0.25) is 0 Å². The molecule has 69 valence electrons. The van der Waals surface area contributed by atoms with Crippen molar-refractivity contribution in [2.45, 2.75) is 18.9 Å². The van der Waals surface area contributed by atoms with Gasteiger partial charge in [-0.05, 0) is 12.8 Å². The maximum Gasteiger partial charge on any atom is 0.417 e. The third kappa shape index (κ3) is 3.69. The van der Waals surface area contributed by atoms with Crippen molar-refractivity contribution in [3.63, 3.8) is 0 Å². The van der Waals surface area contributed by atoms with Crippen LogP contribution in [0.3, 0.4) is 0 Å². The van der Waals surface area contributed by atoms with Gasteiger partial charge in [-0.25, -0.2) is 4.79 Å². The van der Waals surface area contributed by atoms with Gasteiger partial charge in [0.2, 0.25) is 0 Å². The van der Waals surface area contributed by atoms with Gasteiger partial charge in [-0.15, -0.1) is 0 Å². The summed E-state index contributed by atoms with van der Waals surface area (Å²) in [6, 6.07) is 0. The maximum atomic E-state index is 9.63. The van der Waals surface area contributed by atoms with Crippen LogP contribution in [0.1, 0.15) is 12.8 Å². The quantitative estimate of drug-likeness (QED) is 0.560. The lowest BCUT2D eigenvalue weighted by Crippen LogP contribution is -2.24. The van der Waals surface area contributed by atoms with Crippen molar-refractivity contribution in [1.82, 2.24) is 0 Å². The summed E-state index contributed by atoms with van der Waals surface area (Å²) in [5.41, 5.74) is 0. The number of ether oxygens (including phenoxy) is 3. The van der Waals surface area contributed by atoms with Crippen LogP contribution >= 0.6 is 0 Å². The van der Waals surface area contributed by atoms with Crippen molar-refractivity contribution in [2.75, 3.05) is 26.4 Å². The number of hydrogen-bond donors (Lipinski definition) is 0. The molecule has 1 radical (unpaired) electrons. The van der Waals surface area contributed by atoms with E-state index in [2.05, 4.69) is 4.74 Å². The van der Waals surface area contributed by atoms with Gasteiger partial charge >= 0.3 is 6.47 Å². The average Bonchev–Trinajstić information content (AvgIpc) is 2.14. The van der Waals surface area contributed by atoms with Crippen LogP contribution in [-0.4, -0.2) is 39.0 Å². The van der Waals surface area contributed by atoms with Crippen LogP contribution in [0.4, 0.5) is 0 Å². The Balaban J connectivity index is 1.94. The van der Waals surface area contributed by atoms with E-state index in [1.807, 2.05) is 0 Å². The molecule has 1 saturated heterocycles. The Morgan fingerprint density at radius 3 is 2.75 bits per heavy atom. The number of hydrogen-bond acceptors (Lipinski definition) is 4. The summed E-state index contributed by atoms with van der Waals surface area (Å²) in [7, 11) is 0. The Morgan fingerprint density at radius 2 is 2.08 bits per heavy atom. The topological polar surface area (TPSA) is 44.8 Å². The summed E-state index contributed by atoms with van der Waals surface area (Å²) in [4.78, 5) is 9.63. The third-order valence-corrected chi connectivity index (χ3v) is 1.77. The molecular formula is C8H13O4. The highest BCUT2D eigenvalue weighted by molar-refractivity contribution is 5.38. The molecule has 1 aliphatic heterocycles. The fourth-order valence-corrected chi connectivity index (χ4v) is 1.14. The van der Waals surface area contributed by atoms with Crippen molar-refractivity contribution in [2.24, 2.45) is 0 Å². The molecule has 0 aromatic rings. The summed E-state index contributed by atoms with van der Waals surface area (Å²) in [5.74, 6) is 0. The van der Waals surface area contributed by atoms with Gasteiger partial charge in [0.25, 0.3) is 0 Å². The van der Waals surface area contributed by atoms with Crippen LogP contribution in [0.25, 0.3) is 0 Å². The molecule has 0 aromatic heterocycles. The van der Waals surface area contributed by atoms with Gasteiger partial charge in [-0.3, -0.25) is 0 Å². The third-order valence-electron chi connectivity index (χ3n) is 1.77. The Kier molecular flexibility index (Phi) is 4.71. The van der Waals surface area contributed by atoms with Crippen LogP contribution < -0.4 is 0 Å². The lowest BCUT2D eigenvalue weighted by molar-refractivity contribution is -0.0398. The summed E-state index contributed by atoms with van der Waals surface area (Å²) < 4.78 is 14.9. The molecule has 12 heavy (non-hydrogen) atoms. The highest BCUT2D eigenvalue weighted by atomic mass is 16.6. The molecule has 1 heterocycles. The minimum absolute atomic E-state index is 0.272. The molecule has 1 aliphatic rings. The molecular weight excluding hydrogens is 160 g/mol. The van der Waals surface area contributed by atoms with Gasteiger partial charge < -0.3 is 14.2 Å². The minimum atomic E-state index is 0.272. The van der Waals surface area contributed by atoms with Crippen LogP contribution in [0.15, 0.2) is 0 Å². The van der Waals surface area contributed by atoms with Crippen molar-refractivity contribution >= 4 is 6.47 Å². The zero-order valence-corrected chi connectivity index (χ0v) is 6.95. The predicted octanol–water partition coefficient (Wildman–Crippen LogP) is 0.266. The SMILES string of the molecule is O=[C]OCCOC1CCOCC1. The zero-order valence-electron chi connectivity index (χ0n) is 6.95. The molecule has 0 N–H and O–H groups in total. The van der Waals surface area contributed by atoms with Crippen LogP contribution in [0.5, 0.6) is 0 Å². The molecule has 0 amide bonds. The zero-order chi connectivity index (χ0) is 8.65. The highest BCUT2D eigenvalue weighted by Gasteiger charge is 2.13. The second kappa shape index (κ2) is 5.97. The summed E-state index contributed by atoms with van der Waals surface area (Å²) in [5, 5.41) is 0. The smallest absolute Gasteiger partial charge is 0.417 e. The van der Waals surface area contributed by atoms with E-state index in [4.69, 9.17) is 9.47 Å². The summed E-state index contributed by atoms with van der Waals surface area (Å²) in [6.45, 7) is 3.64. The lowest BCUT2D eigenvalue weighted by Gasteiger charge is -2.21. The van der Waals surface area contributed by atoms with Crippen molar-refractivity contribution in [1.29, 1.82) is 0 Å². The Bertz CT molecular complexity index is 120. The van der Waals surface area contributed by atoms with Gasteiger partial charge in [0.15, 0.2) is 0 Å². The summed E-state index contributed by atoms with van der Waals surface area (Å²) in [6.07, 6.45) is 2.14. The highest BCUT2D eigenvalue weighted by Crippen LogP contribution is 2.09. The Labute approximate surface area is 71.8 Å². The first kappa shape index (κ1) is 9.48. The molecule has 4 nitrogen and oxygen atoms in total. The van der Waals surface area contributed by atoms with Gasteiger partial charge in [0.05, 0.1) is 12.7 Å². The average molecular weight is 173 g/mol. The minimum Gasteiger partial charge on any atom is -0.455 e. The first-order valence-electron chi connectivity index (χ1n) is 4.12. The normalized spacial score (nSPS) is 19.0. The van der Waals surface area contributed by atoms with Crippen molar-refractivity contribution < 1.29 is 19.0 Å². The molecule has 0 saturated carbocycles. The van der Waals surface area contributed by atoms with Crippen LogP contribution in [-0.2, 0) is 19.0 Å². The Hall–Kier alpha value is -0.610. The van der Waals surface area contributed by atoms with E-state index in [0.717, 1.165) is 26.1 Å². The first-order chi connectivity index (χ1) is 5.93. The molecule has 0 unspecified atom stereocenters. The molecule has 0 aromatic carbocycles. The Morgan fingerprint density at radius 1 is 1.33 bits per heavy atom. The van der Waals surface area contributed by atoms with Crippen molar-refractivity contribution in [3.05, 3.63) is 0 Å². The second-order valence-electron chi connectivity index (χ2n) is 2.61. The molecule has 4 heteroatoms. The lowest BCUT2D eigenvalue weighted by atomic mass is 10.2. The van der Waals surface area contributed by atoms with Gasteiger partial charge in [-0.1, -0.05) is 0 Å². The maximum absolute atomic E-state index is 9.63. The number of rotatable bonds is 5. The summed E-state index contributed by atoms with van der Waals surface area (Å²) >= 11 is 0. The molecule has 1 fully saturated rings. The van der Waals surface area contributed by atoms with E-state index < -0.39 is 0 Å². The largest absolute Gasteiger partial charge is 0.455 e. The standard InChI is InChI=1S/C8H13O4/c9-7-11-5-6-12-8-1-3-10-4-2-8/h8H,1-6H2. The molecule has 0 atom stereocenters. The van der Waals surface area contributed by atoms with Gasteiger partial charge in [0, 0.05) is 13.2 Å². The van der Waals surface area contributed by atoms with Gasteiger partial charge in [-0.2, -0.15) is 0 Å². The molecule has 0 bridgehead atoms.